The van der Waals surface area contributed by atoms with Crippen molar-refractivity contribution in [1.29, 1.82) is 0 Å². The molecule has 0 saturated heterocycles. The molecule has 0 atom stereocenters. The molecule has 1 fully saturated rings. The Labute approximate surface area is 139 Å². The number of guanidine groups is 1. The molecule has 0 spiro atoms. The summed E-state index contributed by atoms with van der Waals surface area (Å²) in [7, 11) is 3.87. The first kappa shape index (κ1) is 17.3. The van der Waals surface area contributed by atoms with E-state index >= 15 is 0 Å². The molecule has 20 heavy (non-hydrogen) atoms. The van der Waals surface area contributed by atoms with Crippen LogP contribution >= 0.6 is 24.0 Å². The van der Waals surface area contributed by atoms with Gasteiger partial charge in [-0.05, 0) is 36.3 Å². The summed E-state index contributed by atoms with van der Waals surface area (Å²) in [6.07, 6.45) is 9.53. The number of hydrogen-bond acceptors (Lipinski definition) is 1. The first-order valence-electron chi connectivity index (χ1n) is 7.23. The smallest absolute Gasteiger partial charge is 0.191 e. The summed E-state index contributed by atoms with van der Waals surface area (Å²) in [5.41, 5.74) is 1.80. The lowest BCUT2D eigenvalue weighted by atomic mass is 9.67. The fraction of sp³-hybridized carbons (Fsp3) is 0.667. The van der Waals surface area contributed by atoms with Crippen molar-refractivity contribution in [3.05, 3.63) is 24.0 Å². The van der Waals surface area contributed by atoms with Gasteiger partial charge in [0.2, 0.25) is 0 Å². The highest BCUT2D eigenvalue weighted by Crippen LogP contribution is 2.42. The van der Waals surface area contributed by atoms with Gasteiger partial charge in [-0.1, -0.05) is 13.3 Å². The summed E-state index contributed by atoms with van der Waals surface area (Å²) < 4.78 is 2.06. The third-order valence-corrected chi connectivity index (χ3v) is 4.37. The molecule has 0 amide bonds. The van der Waals surface area contributed by atoms with Crippen LogP contribution in [0, 0.1) is 5.41 Å². The normalized spacial score (nSPS) is 17.1. The van der Waals surface area contributed by atoms with Gasteiger partial charge >= 0.3 is 0 Å². The summed E-state index contributed by atoms with van der Waals surface area (Å²) in [5, 5.41) is 6.84. The largest absolute Gasteiger partial charge is 0.357 e. The highest BCUT2D eigenvalue weighted by molar-refractivity contribution is 14.0. The van der Waals surface area contributed by atoms with E-state index in [0.29, 0.717) is 5.41 Å². The zero-order valence-electron chi connectivity index (χ0n) is 12.8. The van der Waals surface area contributed by atoms with E-state index in [1.54, 1.807) is 0 Å². The highest BCUT2D eigenvalue weighted by Gasteiger charge is 2.34. The van der Waals surface area contributed by atoms with Crippen molar-refractivity contribution in [3.8, 4) is 0 Å². The van der Waals surface area contributed by atoms with Crippen molar-refractivity contribution >= 4 is 29.9 Å². The van der Waals surface area contributed by atoms with Gasteiger partial charge in [0.1, 0.15) is 0 Å². The Kier molecular flexibility index (Phi) is 6.85. The van der Waals surface area contributed by atoms with Crippen LogP contribution in [0.2, 0.25) is 0 Å². The Hall–Kier alpha value is -0.720. The molecule has 1 aliphatic carbocycles. The van der Waals surface area contributed by atoms with Gasteiger partial charge in [0, 0.05) is 39.6 Å². The Morgan fingerprint density at radius 3 is 2.60 bits per heavy atom. The van der Waals surface area contributed by atoms with E-state index < -0.39 is 0 Å². The average Bonchev–Trinajstić information content (AvgIpc) is 2.78. The van der Waals surface area contributed by atoms with Crippen molar-refractivity contribution < 1.29 is 0 Å². The van der Waals surface area contributed by atoms with Gasteiger partial charge in [-0.15, -0.1) is 24.0 Å². The molecule has 5 heteroatoms. The van der Waals surface area contributed by atoms with Crippen molar-refractivity contribution in [3.63, 3.8) is 0 Å². The Morgan fingerprint density at radius 1 is 1.40 bits per heavy atom. The Bertz CT molecular complexity index is 429. The minimum absolute atomic E-state index is 0. The standard InChI is InChI=1S/C15H26N4.HI/c1-4-15(7-5-8-15)12-18-14(16-2)17-10-13-6-9-19(3)11-13;/h6,9,11H,4-5,7-8,10,12H2,1-3H3,(H2,16,17,18);1H. The van der Waals surface area contributed by atoms with Crippen LogP contribution in [0.1, 0.15) is 38.2 Å². The molecule has 0 unspecified atom stereocenters. The molecule has 1 aromatic heterocycles. The fourth-order valence-electron chi connectivity index (χ4n) is 2.68. The molecule has 1 saturated carbocycles. The lowest BCUT2D eigenvalue weighted by molar-refractivity contribution is 0.131. The van der Waals surface area contributed by atoms with Crippen molar-refractivity contribution in [2.24, 2.45) is 17.5 Å². The quantitative estimate of drug-likeness (QED) is 0.461. The summed E-state index contributed by atoms with van der Waals surface area (Å²) in [5.74, 6) is 0.906. The van der Waals surface area contributed by atoms with Gasteiger partial charge < -0.3 is 15.2 Å². The second-order valence-corrected chi connectivity index (χ2v) is 5.67. The van der Waals surface area contributed by atoms with Gasteiger partial charge in [-0.2, -0.15) is 0 Å². The monoisotopic (exact) mass is 390 g/mol. The lowest BCUT2D eigenvalue weighted by Crippen LogP contribution is -2.46. The van der Waals surface area contributed by atoms with E-state index in [1.165, 1.54) is 31.2 Å². The number of aliphatic imine (C=N–C) groups is 1. The molecule has 114 valence electrons. The molecule has 2 rings (SSSR count). The van der Waals surface area contributed by atoms with Crippen LogP contribution in [0.3, 0.4) is 0 Å². The molecule has 0 aliphatic heterocycles. The van der Waals surface area contributed by atoms with E-state index in [1.807, 2.05) is 14.1 Å². The number of aromatic nitrogens is 1. The van der Waals surface area contributed by atoms with E-state index in [-0.39, 0.29) is 24.0 Å². The summed E-state index contributed by atoms with van der Waals surface area (Å²) >= 11 is 0. The maximum atomic E-state index is 4.29. The molecule has 2 N–H and O–H groups in total. The third kappa shape index (κ3) is 4.40. The second-order valence-electron chi connectivity index (χ2n) is 5.67. The average molecular weight is 390 g/mol. The topological polar surface area (TPSA) is 41.4 Å². The maximum absolute atomic E-state index is 4.29. The summed E-state index contributed by atoms with van der Waals surface area (Å²) in [4.78, 5) is 4.29. The van der Waals surface area contributed by atoms with Crippen molar-refractivity contribution in [2.75, 3.05) is 13.6 Å². The SMILES string of the molecule is CCC1(CNC(=NC)NCc2ccn(C)c2)CCC1.I. The number of nitrogens with zero attached hydrogens (tertiary/aromatic N) is 2. The van der Waals surface area contributed by atoms with E-state index in [4.69, 9.17) is 0 Å². The Balaban J connectivity index is 0.00000200. The van der Waals surface area contributed by atoms with Gasteiger partial charge in [0.25, 0.3) is 0 Å². The van der Waals surface area contributed by atoms with Gasteiger partial charge in [0.05, 0.1) is 0 Å². The van der Waals surface area contributed by atoms with Gasteiger partial charge in [-0.25, -0.2) is 0 Å². The van der Waals surface area contributed by atoms with Crippen LogP contribution in [0.4, 0.5) is 0 Å². The first-order chi connectivity index (χ1) is 9.17. The molecule has 1 aliphatic rings. The minimum atomic E-state index is 0. The second kappa shape index (κ2) is 7.90. The molecule has 1 heterocycles. The molecule has 0 bridgehead atoms. The van der Waals surface area contributed by atoms with Crippen molar-refractivity contribution in [1.82, 2.24) is 15.2 Å². The molecular weight excluding hydrogens is 363 g/mol. The van der Waals surface area contributed by atoms with Crippen molar-refractivity contribution in [2.45, 2.75) is 39.2 Å². The summed E-state index contributed by atoms with van der Waals surface area (Å²) in [6.45, 7) is 4.15. The zero-order chi connectivity index (χ0) is 13.7. The number of hydrogen-bond donors (Lipinski definition) is 2. The third-order valence-electron chi connectivity index (χ3n) is 4.37. The van der Waals surface area contributed by atoms with Crippen LogP contribution < -0.4 is 10.6 Å². The minimum Gasteiger partial charge on any atom is -0.357 e. The van der Waals surface area contributed by atoms with Crippen LogP contribution in [-0.4, -0.2) is 24.1 Å². The first-order valence-corrected chi connectivity index (χ1v) is 7.23. The fourth-order valence-corrected chi connectivity index (χ4v) is 2.68. The number of aryl methyl sites for hydroxylation is 1. The number of rotatable bonds is 5. The van der Waals surface area contributed by atoms with Gasteiger partial charge in [-0.3, -0.25) is 4.99 Å². The number of nitrogens with one attached hydrogen (secondary N) is 2. The van der Waals surface area contributed by atoms with E-state index in [9.17, 15) is 0 Å². The van der Waals surface area contributed by atoms with Crippen LogP contribution in [0.25, 0.3) is 0 Å². The molecule has 0 radical (unpaired) electrons. The Morgan fingerprint density at radius 2 is 2.15 bits per heavy atom. The zero-order valence-corrected chi connectivity index (χ0v) is 15.1. The van der Waals surface area contributed by atoms with Crippen LogP contribution in [0.15, 0.2) is 23.5 Å². The molecule has 1 aromatic rings. The highest BCUT2D eigenvalue weighted by atomic mass is 127. The predicted octanol–water partition coefficient (Wildman–Crippen LogP) is 2.89. The molecular formula is C15H27IN4. The van der Waals surface area contributed by atoms with E-state index in [2.05, 4.69) is 45.6 Å². The summed E-state index contributed by atoms with van der Waals surface area (Å²) in [6, 6.07) is 2.12. The van der Waals surface area contributed by atoms with Gasteiger partial charge in [0.15, 0.2) is 5.96 Å². The van der Waals surface area contributed by atoms with Crippen LogP contribution in [0.5, 0.6) is 0 Å². The van der Waals surface area contributed by atoms with E-state index in [0.717, 1.165) is 19.0 Å². The lowest BCUT2D eigenvalue weighted by Gasteiger charge is -2.41. The number of halogens is 1. The molecule has 4 nitrogen and oxygen atoms in total. The van der Waals surface area contributed by atoms with Crippen LogP contribution in [-0.2, 0) is 13.6 Å². The predicted molar refractivity (Wildman–Crippen MR) is 95.6 cm³/mol. The molecule has 0 aromatic carbocycles. The maximum Gasteiger partial charge on any atom is 0.191 e.